The first-order valence-corrected chi connectivity index (χ1v) is 7.33. The van der Waals surface area contributed by atoms with Gasteiger partial charge in [0.1, 0.15) is 5.82 Å². The molecule has 1 N–H and O–H groups in total. The van der Waals surface area contributed by atoms with Gasteiger partial charge >= 0.3 is 0 Å². The minimum Gasteiger partial charge on any atom is -0.312 e. The molecular formula is C15H27N3O. The van der Waals surface area contributed by atoms with E-state index in [0.717, 1.165) is 18.1 Å². The Kier molecular flexibility index (Phi) is 6.78. The van der Waals surface area contributed by atoms with Gasteiger partial charge in [0, 0.05) is 30.9 Å². The Morgan fingerprint density at radius 2 is 2.11 bits per heavy atom. The molecule has 4 heteroatoms. The van der Waals surface area contributed by atoms with Crippen molar-refractivity contribution in [2.75, 3.05) is 6.54 Å². The predicted octanol–water partition coefficient (Wildman–Crippen LogP) is 2.42. The third kappa shape index (κ3) is 5.55. The van der Waals surface area contributed by atoms with Crippen LogP contribution < -0.4 is 10.9 Å². The highest BCUT2D eigenvalue weighted by Crippen LogP contribution is 2.02. The Bertz CT molecular complexity index is 440. The molecule has 0 saturated carbocycles. The fourth-order valence-electron chi connectivity index (χ4n) is 2.26. The summed E-state index contributed by atoms with van der Waals surface area (Å²) in [4.78, 5) is 16.2. The van der Waals surface area contributed by atoms with E-state index in [2.05, 4.69) is 24.1 Å². The summed E-state index contributed by atoms with van der Waals surface area (Å²) in [5, 5.41) is 3.47. The molecule has 19 heavy (non-hydrogen) atoms. The van der Waals surface area contributed by atoms with E-state index in [4.69, 9.17) is 0 Å². The molecule has 0 fully saturated rings. The number of hydrogen-bond acceptors (Lipinski definition) is 3. The zero-order valence-corrected chi connectivity index (χ0v) is 12.7. The fourth-order valence-corrected chi connectivity index (χ4v) is 2.26. The van der Waals surface area contributed by atoms with E-state index >= 15 is 0 Å². The van der Waals surface area contributed by atoms with E-state index in [1.807, 2.05) is 13.8 Å². The van der Waals surface area contributed by atoms with Gasteiger partial charge in [-0.1, -0.05) is 26.2 Å². The maximum atomic E-state index is 11.8. The summed E-state index contributed by atoms with van der Waals surface area (Å²) in [6.07, 6.45) is 5.03. The molecule has 1 rings (SSSR count). The second kappa shape index (κ2) is 8.10. The van der Waals surface area contributed by atoms with Crippen LogP contribution in [0.2, 0.25) is 0 Å². The van der Waals surface area contributed by atoms with Crippen molar-refractivity contribution in [3.8, 4) is 0 Å². The van der Waals surface area contributed by atoms with Crippen LogP contribution in [0.4, 0.5) is 0 Å². The third-order valence-corrected chi connectivity index (χ3v) is 3.40. The topological polar surface area (TPSA) is 46.9 Å². The van der Waals surface area contributed by atoms with Crippen molar-refractivity contribution < 1.29 is 0 Å². The summed E-state index contributed by atoms with van der Waals surface area (Å²) in [5.41, 5.74) is 0.838. The largest absolute Gasteiger partial charge is 0.312 e. The van der Waals surface area contributed by atoms with Crippen LogP contribution in [-0.4, -0.2) is 22.1 Å². The number of unbranched alkanes of at least 4 members (excludes halogenated alkanes) is 2. The van der Waals surface area contributed by atoms with Gasteiger partial charge in [-0.05, 0) is 27.2 Å². The van der Waals surface area contributed by atoms with Gasteiger partial charge in [0.05, 0.1) is 0 Å². The van der Waals surface area contributed by atoms with Gasteiger partial charge in [0.25, 0.3) is 5.56 Å². The number of nitrogens with one attached hydrogen (secondary N) is 1. The van der Waals surface area contributed by atoms with E-state index < -0.39 is 0 Å². The second-order valence-electron chi connectivity index (χ2n) is 5.29. The van der Waals surface area contributed by atoms with Crippen LogP contribution in [0.15, 0.2) is 10.9 Å². The lowest BCUT2D eigenvalue weighted by Gasteiger charge is -2.15. The maximum Gasteiger partial charge on any atom is 0.253 e. The molecule has 1 aromatic heterocycles. The minimum atomic E-state index is 0.0467. The molecule has 0 bridgehead atoms. The first-order chi connectivity index (χ1) is 9.04. The highest BCUT2D eigenvalue weighted by molar-refractivity contribution is 5.01. The summed E-state index contributed by atoms with van der Waals surface area (Å²) in [7, 11) is 0. The molecule has 0 radical (unpaired) electrons. The molecular weight excluding hydrogens is 238 g/mol. The van der Waals surface area contributed by atoms with E-state index in [9.17, 15) is 4.79 Å². The van der Waals surface area contributed by atoms with Crippen molar-refractivity contribution >= 4 is 0 Å². The van der Waals surface area contributed by atoms with Gasteiger partial charge in [-0.15, -0.1) is 0 Å². The molecule has 108 valence electrons. The highest BCUT2D eigenvalue weighted by Gasteiger charge is 2.04. The van der Waals surface area contributed by atoms with Gasteiger partial charge in [0.15, 0.2) is 0 Å². The lowest BCUT2D eigenvalue weighted by Crippen LogP contribution is -2.33. The maximum absolute atomic E-state index is 11.8. The molecule has 1 aromatic rings. The predicted molar refractivity (Wildman–Crippen MR) is 79.6 cm³/mol. The standard InChI is InChI=1S/C15H27N3O/c1-5-6-7-8-12(2)16-9-10-18-14(4)17-13(3)11-15(18)19/h11-12,16H,5-10H2,1-4H3. The SMILES string of the molecule is CCCCCC(C)NCCn1c(C)nc(C)cc1=O. The van der Waals surface area contributed by atoms with Crippen LogP contribution in [0.5, 0.6) is 0 Å². The van der Waals surface area contributed by atoms with E-state index in [1.165, 1.54) is 25.7 Å². The second-order valence-corrected chi connectivity index (χ2v) is 5.29. The average Bonchev–Trinajstić information content (AvgIpc) is 2.32. The minimum absolute atomic E-state index is 0.0467. The van der Waals surface area contributed by atoms with Crippen molar-refractivity contribution in [1.29, 1.82) is 0 Å². The van der Waals surface area contributed by atoms with Gasteiger partial charge in [0.2, 0.25) is 0 Å². The van der Waals surface area contributed by atoms with E-state index in [-0.39, 0.29) is 5.56 Å². The van der Waals surface area contributed by atoms with Gasteiger partial charge < -0.3 is 5.32 Å². The summed E-state index contributed by atoms with van der Waals surface area (Å²) in [5.74, 6) is 0.797. The van der Waals surface area contributed by atoms with Crippen molar-refractivity contribution in [1.82, 2.24) is 14.9 Å². The first kappa shape index (κ1) is 15.9. The monoisotopic (exact) mass is 265 g/mol. The molecule has 0 aromatic carbocycles. The average molecular weight is 265 g/mol. The number of aryl methyl sites for hydroxylation is 2. The molecule has 0 aliphatic heterocycles. The molecule has 1 unspecified atom stereocenters. The van der Waals surface area contributed by atoms with Gasteiger partial charge in [-0.3, -0.25) is 9.36 Å². The third-order valence-electron chi connectivity index (χ3n) is 3.40. The fraction of sp³-hybridized carbons (Fsp3) is 0.733. The molecule has 0 aliphatic carbocycles. The van der Waals surface area contributed by atoms with E-state index in [0.29, 0.717) is 12.6 Å². The Morgan fingerprint density at radius 3 is 2.74 bits per heavy atom. The summed E-state index contributed by atoms with van der Waals surface area (Å²) in [6.45, 7) is 9.68. The Labute approximate surface area is 116 Å². The highest BCUT2D eigenvalue weighted by atomic mass is 16.1. The molecule has 1 atom stereocenters. The zero-order chi connectivity index (χ0) is 14.3. The quantitative estimate of drug-likeness (QED) is 0.734. The van der Waals surface area contributed by atoms with Crippen molar-refractivity contribution in [3.05, 3.63) is 27.9 Å². The molecule has 0 aliphatic rings. The number of nitrogens with zero attached hydrogens (tertiary/aromatic N) is 2. The summed E-state index contributed by atoms with van der Waals surface area (Å²) >= 11 is 0. The van der Waals surface area contributed by atoms with Crippen molar-refractivity contribution in [2.45, 2.75) is 66.0 Å². The Hall–Kier alpha value is -1.16. The Morgan fingerprint density at radius 1 is 1.37 bits per heavy atom. The van der Waals surface area contributed by atoms with Crippen molar-refractivity contribution in [3.63, 3.8) is 0 Å². The molecule has 4 nitrogen and oxygen atoms in total. The normalized spacial score (nSPS) is 12.6. The van der Waals surface area contributed by atoms with Crippen molar-refractivity contribution in [2.24, 2.45) is 0 Å². The molecule has 0 saturated heterocycles. The van der Waals surface area contributed by atoms with Crippen LogP contribution in [-0.2, 0) is 6.54 Å². The van der Waals surface area contributed by atoms with Crippen LogP contribution >= 0.6 is 0 Å². The molecule has 0 amide bonds. The van der Waals surface area contributed by atoms with E-state index in [1.54, 1.807) is 10.6 Å². The summed E-state index contributed by atoms with van der Waals surface area (Å²) in [6, 6.07) is 2.11. The lowest BCUT2D eigenvalue weighted by molar-refractivity contribution is 0.463. The molecule has 1 heterocycles. The number of hydrogen-bond donors (Lipinski definition) is 1. The molecule has 0 spiro atoms. The lowest BCUT2D eigenvalue weighted by atomic mass is 10.1. The van der Waals surface area contributed by atoms with Crippen LogP contribution in [0.3, 0.4) is 0 Å². The smallest absolute Gasteiger partial charge is 0.253 e. The zero-order valence-electron chi connectivity index (χ0n) is 12.7. The number of rotatable bonds is 8. The Balaban J connectivity index is 2.39. The summed E-state index contributed by atoms with van der Waals surface area (Å²) < 4.78 is 1.73. The van der Waals surface area contributed by atoms with Gasteiger partial charge in [-0.25, -0.2) is 4.98 Å². The van der Waals surface area contributed by atoms with Crippen LogP contribution in [0, 0.1) is 13.8 Å². The van der Waals surface area contributed by atoms with Gasteiger partial charge in [-0.2, -0.15) is 0 Å². The van der Waals surface area contributed by atoms with Crippen LogP contribution in [0.25, 0.3) is 0 Å². The van der Waals surface area contributed by atoms with Crippen LogP contribution in [0.1, 0.15) is 51.0 Å². The number of aromatic nitrogens is 2. The first-order valence-electron chi connectivity index (χ1n) is 7.33.